The molecule has 0 fully saturated rings. The molecule has 0 unspecified atom stereocenters. The first-order chi connectivity index (χ1) is 11.4. The second-order valence-corrected chi connectivity index (χ2v) is 5.22. The molecule has 0 radical (unpaired) electrons. The molecule has 0 saturated heterocycles. The maximum absolute atomic E-state index is 13.2. The lowest BCUT2D eigenvalue weighted by atomic mass is 10.2. The number of cyclic esters (lactones) is 1. The molecule has 0 spiro atoms. The summed E-state index contributed by atoms with van der Waals surface area (Å²) in [6.07, 6.45) is 1.35. The van der Waals surface area contributed by atoms with Crippen molar-refractivity contribution in [2.45, 2.75) is 0 Å². The molecule has 6 nitrogen and oxygen atoms in total. The quantitative estimate of drug-likeness (QED) is 0.367. The maximum Gasteiger partial charge on any atom is 0.363 e. The van der Waals surface area contributed by atoms with Gasteiger partial charge in [-0.05, 0) is 29.8 Å². The van der Waals surface area contributed by atoms with Crippen LogP contribution in [0, 0.1) is 15.9 Å². The maximum atomic E-state index is 13.2. The highest BCUT2D eigenvalue weighted by atomic mass is 35.5. The number of hydrogen-bond acceptors (Lipinski definition) is 5. The largest absolute Gasteiger partial charge is 0.402 e. The highest BCUT2D eigenvalue weighted by molar-refractivity contribution is 6.34. The van der Waals surface area contributed by atoms with Gasteiger partial charge in [-0.3, -0.25) is 10.1 Å². The zero-order valence-electron chi connectivity index (χ0n) is 11.9. The molecule has 1 aliphatic rings. The molecule has 0 saturated carbocycles. The zero-order chi connectivity index (χ0) is 17.3. The van der Waals surface area contributed by atoms with Gasteiger partial charge >= 0.3 is 5.97 Å². The number of nitro groups is 1. The fraction of sp³-hybridized carbons (Fsp3) is 0. The van der Waals surface area contributed by atoms with Crippen LogP contribution in [0.1, 0.15) is 11.1 Å². The molecule has 8 heteroatoms. The number of nitro benzene ring substituents is 1. The van der Waals surface area contributed by atoms with Gasteiger partial charge in [0.05, 0.1) is 15.5 Å². The minimum absolute atomic E-state index is 0.0572. The molecule has 3 rings (SSSR count). The Morgan fingerprint density at radius 2 is 2.04 bits per heavy atom. The number of non-ortho nitro benzene ring substituents is 1. The summed E-state index contributed by atoms with van der Waals surface area (Å²) in [4.78, 5) is 26.2. The number of esters is 1. The van der Waals surface area contributed by atoms with E-state index >= 15 is 0 Å². The summed E-state index contributed by atoms with van der Waals surface area (Å²) in [6, 6.07) is 9.30. The first-order valence-corrected chi connectivity index (χ1v) is 7.04. The molecular weight excluding hydrogens is 339 g/mol. The minimum atomic E-state index is -0.753. The van der Waals surface area contributed by atoms with E-state index in [4.69, 9.17) is 16.3 Å². The average Bonchev–Trinajstić information content (AvgIpc) is 2.88. The minimum Gasteiger partial charge on any atom is -0.402 e. The van der Waals surface area contributed by atoms with E-state index in [0.29, 0.717) is 5.56 Å². The fourth-order valence-electron chi connectivity index (χ4n) is 2.07. The topological polar surface area (TPSA) is 81.8 Å². The summed E-state index contributed by atoms with van der Waals surface area (Å²) in [7, 11) is 0. The van der Waals surface area contributed by atoms with E-state index in [1.54, 1.807) is 6.07 Å². The van der Waals surface area contributed by atoms with Gasteiger partial charge in [0.1, 0.15) is 5.82 Å². The van der Waals surface area contributed by atoms with Crippen molar-refractivity contribution >= 4 is 35.2 Å². The van der Waals surface area contributed by atoms with Crippen LogP contribution in [0.15, 0.2) is 53.2 Å². The third-order valence-corrected chi connectivity index (χ3v) is 3.49. The molecule has 2 aromatic carbocycles. The molecule has 0 amide bonds. The van der Waals surface area contributed by atoms with Crippen molar-refractivity contribution in [2.24, 2.45) is 4.99 Å². The smallest absolute Gasteiger partial charge is 0.363 e. The molecular formula is C16H8ClFN2O4. The normalized spacial score (nSPS) is 15.3. The summed E-state index contributed by atoms with van der Waals surface area (Å²) in [5, 5.41) is 11.0. The van der Waals surface area contributed by atoms with Crippen molar-refractivity contribution in [2.75, 3.05) is 0 Å². The fourth-order valence-corrected chi connectivity index (χ4v) is 2.27. The van der Waals surface area contributed by atoms with Crippen LogP contribution in [0.25, 0.3) is 6.08 Å². The average molecular weight is 347 g/mol. The van der Waals surface area contributed by atoms with E-state index in [0.717, 1.165) is 0 Å². The highest BCUT2D eigenvalue weighted by Gasteiger charge is 2.27. The van der Waals surface area contributed by atoms with Crippen LogP contribution >= 0.6 is 11.6 Å². The summed E-state index contributed by atoms with van der Waals surface area (Å²) in [5.41, 5.74) is 0.285. The zero-order valence-corrected chi connectivity index (χ0v) is 12.7. The number of nitrogens with zero attached hydrogens (tertiary/aromatic N) is 2. The van der Waals surface area contributed by atoms with E-state index in [2.05, 4.69) is 4.99 Å². The van der Waals surface area contributed by atoms with Gasteiger partial charge in [-0.15, -0.1) is 0 Å². The van der Waals surface area contributed by atoms with Crippen LogP contribution in [0.5, 0.6) is 0 Å². The van der Waals surface area contributed by atoms with Gasteiger partial charge in [0.25, 0.3) is 5.69 Å². The van der Waals surface area contributed by atoms with E-state index in [1.165, 1.54) is 42.5 Å². The van der Waals surface area contributed by atoms with Gasteiger partial charge in [0.15, 0.2) is 5.70 Å². The molecule has 24 heavy (non-hydrogen) atoms. The number of benzene rings is 2. The number of carbonyl (C=O) groups is 1. The summed E-state index contributed by atoms with van der Waals surface area (Å²) in [5.74, 6) is -1.35. The van der Waals surface area contributed by atoms with Crippen molar-refractivity contribution in [3.8, 4) is 0 Å². The van der Waals surface area contributed by atoms with Gasteiger partial charge in [0, 0.05) is 12.1 Å². The van der Waals surface area contributed by atoms with E-state index in [9.17, 15) is 19.3 Å². The van der Waals surface area contributed by atoms with Crippen molar-refractivity contribution in [1.29, 1.82) is 0 Å². The van der Waals surface area contributed by atoms with Gasteiger partial charge in [-0.2, -0.15) is 0 Å². The van der Waals surface area contributed by atoms with Crippen molar-refractivity contribution < 1.29 is 18.8 Å². The first-order valence-electron chi connectivity index (χ1n) is 6.66. The molecule has 0 atom stereocenters. The summed E-state index contributed by atoms with van der Waals surface area (Å²) in [6.45, 7) is 0. The predicted molar refractivity (Wildman–Crippen MR) is 85.1 cm³/mol. The Kier molecular flexibility index (Phi) is 4.09. The second-order valence-electron chi connectivity index (χ2n) is 4.81. The van der Waals surface area contributed by atoms with Crippen molar-refractivity contribution in [3.63, 3.8) is 0 Å². The lowest BCUT2D eigenvalue weighted by Gasteiger charge is -2.02. The number of aliphatic imine (C=N–C) groups is 1. The Hall–Kier alpha value is -3.06. The summed E-state index contributed by atoms with van der Waals surface area (Å²) >= 11 is 5.99. The third-order valence-electron chi connectivity index (χ3n) is 3.16. The van der Waals surface area contributed by atoms with E-state index in [1.807, 2.05) is 0 Å². The molecule has 120 valence electrons. The van der Waals surface area contributed by atoms with E-state index < -0.39 is 16.7 Å². The number of rotatable bonds is 3. The molecule has 0 aliphatic carbocycles. The Bertz CT molecular complexity index is 924. The highest BCUT2D eigenvalue weighted by Crippen LogP contribution is 2.27. The summed E-state index contributed by atoms with van der Waals surface area (Å²) < 4.78 is 18.2. The molecule has 1 aliphatic heterocycles. The number of hydrogen-bond donors (Lipinski definition) is 0. The molecule has 1 heterocycles. The molecule has 0 bridgehead atoms. The van der Waals surface area contributed by atoms with Crippen molar-refractivity contribution in [3.05, 3.63) is 80.2 Å². The Labute approximate surface area is 140 Å². The Morgan fingerprint density at radius 1 is 1.25 bits per heavy atom. The Balaban J connectivity index is 2.01. The number of carbonyl (C=O) groups excluding carboxylic acids is 1. The van der Waals surface area contributed by atoms with Gasteiger partial charge in [-0.1, -0.05) is 23.7 Å². The third kappa shape index (κ3) is 3.16. The monoisotopic (exact) mass is 346 g/mol. The standard InChI is InChI=1S/C16H8ClFN2O4/c17-13-5-4-11(20(22)23)8-12(13)15-19-14(16(21)24-15)7-9-2-1-3-10(18)6-9/h1-8H/b14-7-. The Morgan fingerprint density at radius 3 is 2.75 bits per heavy atom. The van der Waals surface area contributed by atoms with E-state index in [-0.39, 0.29) is 27.9 Å². The lowest BCUT2D eigenvalue weighted by Crippen LogP contribution is -2.06. The van der Waals surface area contributed by atoms with Crippen LogP contribution in [0.3, 0.4) is 0 Å². The van der Waals surface area contributed by atoms with Gasteiger partial charge in [-0.25, -0.2) is 14.2 Å². The molecule has 2 aromatic rings. The van der Waals surface area contributed by atoms with Gasteiger partial charge in [0.2, 0.25) is 5.90 Å². The number of halogens is 2. The SMILES string of the molecule is O=C1OC(c2cc([N+](=O)[O-])ccc2Cl)=N/C1=C\c1cccc(F)c1. The lowest BCUT2D eigenvalue weighted by molar-refractivity contribution is -0.384. The second kappa shape index (κ2) is 6.21. The van der Waals surface area contributed by atoms with Crippen LogP contribution in [-0.2, 0) is 9.53 Å². The van der Waals surface area contributed by atoms with Gasteiger partial charge < -0.3 is 4.74 Å². The van der Waals surface area contributed by atoms with Crippen LogP contribution in [-0.4, -0.2) is 16.8 Å². The molecule has 0 N–H and O–H groups in total. The van der Waals surface area contributed by atoms with Crippen LogP contribution in [0.4, 0.5) is 10.1 Å². The molecule has 0 aromatic heterocycles. The number of ether oxygens (including phenoxy) is 1. The first kappa shape index (κ1) is 15.8. The van der Waals surface area contributed by atoms with Crippen molar-refractivity contribution in [1.82, 2.24) is 0 Å². The predicted octanol–water partition coefficient (Wildman–Crippen LogP) is 3.73. The van der Waals surface area contributed by atoms with Crippen LogP contribution in [0.2, 0.25) is 5.02 Å². The van der Waals surface area contributed by atoms with Crippen LogP contribution < -0.4 is 0 Å².